The van der Waals surface area contributed by atoms with Gasteiger partial charge in [0.1, 0.15) is 10.8 Å². The van der Waals surface area contributed by atoms with Crippen LogP contribution in [0.3, 0.4) is 0 Å². The van der Waals surface area contributed by atoms with Crippen LogP contribution < -0.4 is 25.0 Å². The summed E-state index contributed by atoms with van der Waals surface area (Å²) < 4.78 is 16.2. The normalized spacial score (nSPS) is 10.8. The lowest BCUT2D eigenvalue weighted by atomic mass is 10.0. The van der Waals surface area contributed by atoms with E-state index in [2.05, 4.69) is 26.0 Å². The van der Waals surface area contributed by atoms with Crippen LogP contribution in [0.25, 0.3) is 21.3 Å². The van der Waals surface area contributed by atoms with Crippen LogP contribution >= 0.6 is 11.3 Å². The predicted molar refractivity (Wildman–Crippen MR) is 158 cm³/mol. The van der Waals surface area contributed by atoms with Crippen LogP contribution in [0.4, 0.5) is 5.13 Å². The lowest BCUT2D eigenvalue weighted by Gasteiger charge is -2.12. The third-order valence-corrected chi connectivity index (χ3v) is 6.87. The van der Waals surface area contributed by atoms with Gasteiger partial charge in [-0.2, -0.15) is 5.10 Å². The molecule has 0 radical (unpaired) electrons. The number of carbonyl (C=O) groups is 3. The summed E-state index contributed by atoms with van der Waals surface area (Å²) in [5.41, 5.74) is 3.69. The molecule has 12 heteroatoms. The third kappa shape index (κ3) is 6.24. The summed E-state index contributed by atoms with van der Waals surface area (Å²) in [6, 6.07) is 24.8. The fourth-order valence-electron chi connectivity index (χ4n) is 3.95. The van der Waals surface area contributed by atoms with Gasteiger partial charge in [0, 0.05) is 11.1 Å². The molecule has 0 aliphatic heterocycles. The van der Waals surface area contributed by atoms with E-state index in [0.717, 1.165) is 22.3 Å². The van der Waals surface area contributed by atoms with Gasteiger partial charge < -0.3 is 14.2 Å². The van der Waals surface area contributed by atoms with Gasteiger partial charge >= 0.3 is 17.8 Å². The first-order valence-corrected chi connectivity index (χ1v) is 13.3. The molecule has 2 amide bonds. The van der Waals surface area contributed by atoms with Crippen molar-refractivity contribution in [1.29, 1.82) is 0 Å². The number of hydrazone groups is 1. The predicted octanol–water partition coefficient (Wildman–Crippen LogP) is 4.68. The molecule has 0 aliphatic carbocycles. The van der Waals surface area contributed by atoms with Crippen molar-refractivity contribution in [2.45, 2.75) is 0 Å². The van der Waals surface area contributed by atoms with E-state index in [0.29, 0.717) is 27.5 Å². The van der Waals surface area contributed by atoms with Crippen LogP contribution in [0.5, 0.6) is 17.2 Å². The maximum absolute atomic E-state index is 13.0. The minimum Gasteiger partial charge on any atom is -0.493 e. The van der Waals surface area contributed by atoms with E-state index in [9.17, 15) is 14.4 Å². The molecule has 4 aromatic carbocycles. The highest BCUT2D eigenvalue weighted by molar-refractivity contribution is 7.18. The van der Waals surface area contributed by atoms with Crippen LogP contribution in [-0.2, 0) is 9.59 Å². The molecule has 1 heterocycles. The van der Waals surface area contributed by atoms with E-state index in [4.69, 9.17) is 14.2 Å². The monoisotopic (exact) mass is 581 g/mol. The number of ether oxygens (including phenoxy) is 3. The summed E-state index contributed by atoms with van der Waals surface area (Å²) >= 11 is 1.13. The van der Waals surface area contributed by atoms with Crippen LogP contribution in [0, 0.1) is 0 Å². The second-order valence-electron chi connectivity index (χ2n) is 8.59. The number of fused-ring (bicyclic) bond motifs is 1. The van der Waals surface area contributed by atoms with Gasteiger partial charge in [0.15, 0.2) is 11.5 Å². The Hall–Kier alpha value is -5.62. The summed E-state index contributed by atoms with van der Waals surface area (Å²) in [6.07, 6.45) is 1.31. The molecule has 0 bridgehead atoms. The van der Waals surface area contributed by atoms with Crippen LogP contribution in [0.2, 0.25) is 0 Å². The van der Waals surface area contributed by atoms with E-state index < -0.39 is 17.8 Å². The van der Waals surface area contributed by atoms with Crippen molar-refractivity contribution in [3.63, 3.8) is 0 Å². The molecule has 0 unspecified atom stereocenters. The van der Waals surface area contributed by atoms with E-state index in [1.807, 2.05) is 54.6 Å². The lowest BCUT2D eigenvalue weighted by molar-refractivity contribution is -0.136. The highest BCUT2D eigenvalue weighted by Crippen LogP contribution is 2.30. The highest BCUT2D eigenvalue weighted by Gasteiger charge is 2.18. The van der Waals surface area contributed by atoms with Gasteiger partial charge in [0.25, 0.3) is 0 Å². The summed E-state index contributed by atoms with van der Waals surface area (Å²) in [6.45, 7) is 0. The second kappa shape index (κ2) is 12.7. The number of hydrogen-bond acceptors (Lipinski definition) is 10. The molecule has 0 saturated carbocycles. The first-order valence-electron chi connectivity index (χ1n) is 12.5. The fraction of sp³-hybridized carbons (Fsp3) is 0.0667. The molecule has 5 rings (SSSR count). The van der Waals surface area contributed by atoms with E-state index >= 15 is 0 Å². The molecule has 5 aromatic rings. The molecular weight excluding hydrogens is 558 g/mol. The second-order valence-corrected chi connectivity index (χ2v) is 9.57. The maximum atomic E-state index is 13.0. The SMILES string of the molecule is COc1ccc(C(=O)Oc2ccc3ccccc3c2/C=N\NC(=O)C(=O)Nc2nnc(-c3ccccc3)s2)cc1OC. The quantitative estimate of drug-likeness (QED) is 0.0885. The largest absolute Gasteiger partial charge is 0.493 e. The van der Waals surface area contributed by atoms with Crippen LogP contribution in [0.1, 0.15) is 15.9 Å². The van der Waals surface area contributed by atoms with Crippen LogP contribution in [-0.4, -0.2) is 48.4 Å². The average molecular weight is 582 g/mol. The summed E-state index contributed by atoms with van der Waals surface area (Å²) in [5, 5.41) is 16.6. The van der Waals surface area contributed by atoms with Gasteiger partial charge in [-0.15, -0.1) is 10.2 Å². The molecule has 1 aromatic heterocycles. The van der Waals surface area contributed by atoms with E-state index in [-0.39, 0.29) is 16.4 Å². The van der Waals surface area contributed by atoms with Crippen molar-refractivity contribution in [2.24, 2.45) is 5.10 Å². The Labute approximate surface area is 243 Å². The molecular formula is C30H23N5O6S. The molecule has 0 fully saturated rings. The number of nitrogens with zero attached hydrogens (tertiary/aromatic N) is 3. The van der Waals surface area contributed by atoms with Crippen molar-refractivity contribution in [3.05, 3.63) is 96.1 Å². The fourth-order valence-corrected chi connectivity index (χ4v) is 4.70. The molecule has 0 saturated heterocycles. The standard InChI is InChI=1S/C30H23N5O6S/c1-39-24-15-13-20(16-25(24)40-2)29(38)41-23-14-12-18-8-6-7-11-21(18)22(23)17-31-33-27(37)26(36)32-30-35-34-28(42-30)19-9-4-3-5-10-19/h3-17H,1-2H3,(H,33,37)(H,32,35,36)/b31-17-. The van der Waals surface area contributed by atoms with Crippen molar-refractivity contribution in [1.82, 2.24) is 15.6 Å². The Morgan fingerprint density at radius 1 is 0.810 bits per heavy atom. The number of esters is 1. The van der Waals surface area contributed by atoms with Gasteiger partial charge in [0.05, 0.1) is 26.0 Å². The molecule has 11 nitrogen and oxygen atoms in total. The Morgan fingerprint density at radius 2 is 1.55 bits per heavy atom. The first kappa shape index (κ1) is 27.9. The zero-order chi connectivity index (χ0) is 29.5. The van der Waals surface area contributed by atoms with Crippen molar-refractivity contribution >= 4 is 51.2 Å². The molecule has 210 valence electrons. The zero-order valence-corrected chi connectivity index (χ0v) is 23.2. The molecule has 42 heavy (non-hydrogen) atoms. The third-order valence-electron chi connectivity index (χ3n) is 5.98. The number of nitrogens with one attached hydrogen (secondary N) is 2. The summed E-state index contributed by atoms with van der Waals surface area (Å²) in [4.78, 5) is 37.9. The van der Waals surface area contributed by atoms with Crippen molar-refractivity contribution in [2.75, 3.05) is 19.5 Å². The van der Waals surface area contributed by atoms with E-state index in [1.54, 1.807) is 24.3 Å². The summed E-state index contributed by atoms with van der Waals surface area (Å²) in [7, 11) is 2.96. The Balaban J connectivity index is 1.31. The molecule has 0 atom stereocenters. The smallest absolute Gasteiger partial charge is 0.343 e. The number of carbonyl (C=O) groups excluding carboxylic acids is 3. The average Bonchev–Trinajstić information content (AvgIpc) is 3.50. The van der Waals surface area contributed by atoms with Gasteiger partial charge in [-0.1, -0.05) is 72.0 Å². The van der Waals surface area contributed by atoms with E-state index in [1.165, 1.54) is 26.5 Å². The number of benzene rings is 4. The Morgan fingerprint density at radius 3 is 2.33 bits per heavy atom. The van der Waals surface area contributed by atoms with Gasteiger partial charge in [0.2, 0.25) is 5.13 Å². The Bertz CT molecular complexity index is 1810. The van der Waals surface area contributed by atoms with Crippen molar-refractivity contribution in [3.8, 4) is 27.8 Å². The highest BCUT2D eigenvalue weighted by atomic mass is 32.1. The molecule has 2 N–H and O–H groups in total. The minimum atomic E-state index is -1.02. The van der Waals surface area contributed by atoms with Gasteiger partial charge in [-0.3, -0.25) is 14.9 Å². The van der Waals surface area contributed by atoms with Gasteiger partial charge in [-0.25, -0.2) is 10.2 Å². The van der Waals surface area contributed by atoms with Crippen LogP contribution in [0.15, 0.2) is 90.0 Å². The number of anilines is 1. The number of rotatable bonds is 8. The number of aromatic nitrogens is 2. The minimum absolute atomic E-state index is 0.163. The number of amides is 2. The summed E-state index contributed by atoms with van der Waals surface area (Å²) in [5.74, 6) is -1.60. The molecule has 0 spiro atoms. The number of hydrogen-bond donors (Lipinski definition) is 2. The first-order chi connectivity index (χ1) is 20.5. The maximum Gasteiger partial charge on any atom is 0.343 e. The number of methoxy groups -OCH3 is 2. The topological polar surface area (TPSA) is 141 Å². The Kier molecular flexibility index (Phi) is 8.45. The molecule has 0 aliphatic rings. The zero-order valence-electron chi connectivity index (χ0n) is 22.4. The van der Waals surface area contributed by atoms with Gasteiger partial charge in [-0.05, 0) is 35.0 Å². The lowest BCUT2D eigenvalue weighted by Crippen LogP contribution is -2.32. The van der Waals surface area contributed by atoms with Crippen molar-refractivity contribution < 1.29 is 28.6 Å².